The fourth-order valence-corrected chi connectivity index (χ4v) is 2.37. The molecule has 0 fully saturated rings. The van der Waals surface area contributed by atoms with Crippen LogP contribution in [0.15, 0.2) is 40.1 Å². The maximum Gasteiger partial charge on any atom is 0.290 e. The first-order valence-corrected chi connectivity index (χ1v) is 7.83. The number of hydrogen-bond acceptors (Lipinski definition) is 3. The first-order valence-electron chi connectivity index (χ1n) is 6.91. The SMILES string of the molecule is CCCCn1nc(-c2ccccc2)c(/C=C/Br)c(N)c1=O. The molecule has 0 bridgehead atoms. The second kappa shape index (κ2) is 7.22. The molecule has 21 heavy (non-hydrogen) atoms. The van der Waals surface area contributed by atoms with Crippen LogP contribution in [0.3, 0.4) is 0 Å². The molecule has 0 unspecified atom stereocenters. The Kier molecular flexibility index (Phi) is 5.33. The van der Waals surface area contributed by atoms with Crippen LogP contribution < -0.4 is 11.3 Å². The quantitative estimate of drug-likeness (QED) is 0.897. The number of nitrogens with zero attached hydrogens (tertiary/aromatic N) is 2. The Morgan fingerprint density at radius 1 is 1.33 bits per heavy atom. The lowest BCUT2D eigenvalue weighted by molar-refractivity contribution is 0.546. The number of anilines is 1. The number of aromatic nitrogens is 2. The summed E-state index contributed by atoms with van der Waals surface area (Å²) in [6.07, 6.45) is 3.65. The van der Waals surface area contributed by atoms with Gasteiger partial charge in [0.2, 0.25) is 0 Å². The molecule has 2 rings (SSSR count). The lowest BCUT2D eigenvalue weighted by Crippen LogP contribution is -2.27. The van der Waals surface area contributed by atoms with Gasteiger partial charge in [-0.1, -0.05) is 59.6 Å². The van der Waals surface area contributed by atoms with Crippen molar-refractivity contribution in [3.8, 4) is 11.3 Å². The van der Waals surface area contributed by atoms with Crippen LogP contribution >= 0.6 is 15.9 Å². The second-order valence-corrected chi connectivity index (χ2v) is 5.25. The molecule has 0 saturated heterocycles. The standard InChI is InChI=1S/C16H18BrN3O/c1-2-3-11-20-16(21)14(18)13(9-10-17)15(19-20)12-7-5-4-6-8-12/h4-10H,2-3,11,18H2,1H3/b10-9+. The summed E-state index contributed by atoms with van der Waals surface area (Å²) >= 11 is 3.24. The van der Waals surface area contributed by atoms with Crippen molar-refractivity contribution in [3.05, 3.63) is 51.2 Å². The minimum absolute atomic E-state index is 0.232. The molecule has 0 aliphatic rings. The minimum Gasteiger partial charge on any atom is -0.394 e. The summed E-state index contributed by atoms with van der Waals surface area (Å²) < 4.78 is 1.47. The largest absolute Gasteiger partial charge is 0.394 e. The number of unbranched alkanes of at least 4 members (excludes halogenated alkanes) is 1. The Morgan fingerprint density at radius 2 is 2.05 bits per heavy atom. The second-order valence-electron chi connectivity index (χ2n) is 4.72. The molecule has 2 aromatic rings. The molecule has 0 radical (unpaired) electrons. The number of aryl methyl sites for hydroxylation is 1. The molecule has 1 heterocycles. The summed E-state index contributed by atoms with van der Waals surface area (Å²) in [4.78, 5) is 14.0. The monoisotopic (exact) mass is 347 g/mol. The zero-order chi connectivity index (χ0) is 15.2. The maximum absolute atomic E-state index is 12.3. The smallest absolute Gasteiger partial charge is 0.290 e. The normalized spacial score (nSPS) is 11.1. The van der Waals surface area contributed by atoms with Crippen LogP contribution in [0.4, 0.5) is 5.69 Å². The molecular weight excluding hydrogens is 330 g/mol. The van der Waals surface area contributed by atoms with E-state index in [0.717, 1.165) is 24.1 Å². The number of halogens is 1. The predicted molar refractivity (Wildman–Crippen MR) is 91.2 cm³/mol. The molecule has 0 atom stereocenters. The third-order valence-electron chi connectivity index (χ3n) is 3.23. The average molecular weight is 348 g/mol. The van der Waals surface area contributed by atoms with E-state index in [2.05, 4.69) is 28.0 Å². The Labute approximate surface area is 132 Å². The van der Waals surface area contributed by atoms with E-state index >= 15 is 0 Å². The van der Waals surface area contributed by atoms with E-state index in [-0.39, 0.29) is 11.2 Å². The summed E-state index contributed by atoms with van der Waals surface area (Å²) in [5, 5.41) is 4.51. The molecule has 1 aromatic carbocycles. The molecule has 0 aliphatic carbocycles. The van der Waals surface area contributed by atoms with Crippen molar-refractivity contribution in [1.82, 2.24) is 9.78 Å². The van der Waals surface area contributed by atoms with Crippen molar-refractivity contribution in [2.45, 2.75) is 26.3 Å². The molecule has 0 spiro atoms. The van der Waals surface area contributed by atoms with Gasteiger partial charge in [0.15, 0.2) is 0 Å². The number of nitrogens with two attached hydrogens (primary N) is 1. The van der Waals surface area contributed by atoms with Gasteiger partial charge in [0.05, 0.1) is 0 Å². The van der Waals surface area contributed by atoms with E-state index in [1.165, 1.54) is 4.68 Å². The third-order valence-corrected chi connectivity index (χ3v) is 3.50. The summed E-state index contributed by atoms with van der Waals surface area (Å²) in [5.41, 5.74) is 8.34. The Bertz CT molecular complexity index is 693. The fourth-order valence-electron chi connectivity index (χ4n) is 2.10. The van der Waals surface area contributed by atoms with Gasteiger partial charge in [0, 0.05) is 17.7 Å². The summed E-state index contributed by atoms with van der Waals surface area (Å²) in [5.74, 6) is 0. The number of hydrogen-bond donors (Lipinski definition) is 1. The molecule has 110 valence electrons. The van der Waals surface area contributed by atoms with Gasteiger partial charge in [-0.2, -0.15) is 5.10 Å². The molecule has 0 saturated carbocycles. The first kappa shape index (κ1) is 15.5. The Morgan fingerprint density at radius 3 is 2.67 bits per heavy atom. The van der Waals surface area contributed by atoms with E-state index in [1.807, 2.05) is 30.3 Å². The fraction of sp³-hybridized carbons (Fsp3) is 0.250. The van der Waals surface area contributed by atoms with Crippen LogP contribution in [0.2, 0.25) is 0 Å². The van der Waals surface area contributed by atoms with Crippen molar-refractivity contribution in [1.29, 1.82) is 0 Å². The van der Waals surface area contributed by atoms with Gasteiger partial charge < -0.3 is 5.73 Å². The topological polar surface area (TPSA) is 60.9 Å². The Balaban J connectivity index is 2.66. The van der Waals surface area contributed by atoms with Crippen LogP contribution in [-0.4, -0.2) is 9.78 Å². The van der Waals surface area contributed by atoms with Crippen molar-refractivity contribution < 1.29 is 0 Å². The van der Waals surface area contributed by atoms with Gasteiger partial charge in [-0.15, -0.1) is 0 Å². The van der Waals surface area contributed by atoms with E-state index in [1.54, 1.807) is 11.1 Å². The molecule has 2 N–H and O–H groups in total. The molecule has 5 heteroatoms. The summed E-state index contributed by atoms with van der Waals surface area (Å²) in [6, 6.07) is 9.75. The zero-order valence-corrected chi connectivity index (χ0v) is 13.5. The third kappa shape index (κ3) is 3.42. The van der Waals surface area contributed by atoms with E-state index in [4.69, 9.17) is 5.73 Å². The number of benzene rings is 1. The number of nitrogen functional groups attached to an aromatic ring is 1. The molecular formula is C16H18BrN3O. The van der Waals surface area contributed by atoms with E-state index in [0.29, 0.717) is 12.1 Å². The van der Waals surface area contributed by atoms with Gasteiger partial charge in [0.25, 0.3) is 5.56 Å². The van der Waals surface area contributed by atoms with E-state index < -0.39 is 0 Å². The highest BCUT2D eigenvalue weighted by Gasteiger charge is 2.14. The van der Waals surface area contributed by atoms with Crippen molar-refractivity contribution in [3.63, 3.8) is 0 Å². The van der Waals surface area contributed by atoms with Crippen LogP contribution in [0.25, 0.3) is 17.3 Å². The van der Waals surface area contributed by atoms with Crippen molar-refractivity contribution in [2.75, 3.05) is 5.73 Å². The minimum atomic E-state index is -0.233. The summed E-state index contributed by atoms with van der Waals surface area (Å²) in [7, 11) is 0. The molecule has 4 nitrogen and oxygen atoms in total. The van der Waals surface area contributed by atoms with Crippen LogP contribution in [0.5, 0.6) is 0 Å². The van der Waals surface area contributed by atoms with Gasteiger partial charge in [-0.3, -0.25) is 4.79 Å². The van der Waals surface area contributed by atoms with Crippen molar-refractivity contribution in [2.24, 2.45) is 0 Å². The van der Waals surface area contributed by atoms with Gasteiger partial charge >= 0.3 is 0 Å². The van der Waals surface area contributed by atoms with Crippen molar-refractivity contribution >= 4 is 27.7 Å². The van der Waals surface area contributed by atoms with Crippen LogP contribution in [-0.2, 0) is 6.54 Å². The molecule has 0 amide bonds. The highest BCUT2D eigenvalue weighted by molar-refractivity contribution is 9.11. The maximum atomic E-state index is 12.3. The lowest BCUT2D eigenvalue weighted by atomic mass is 10.1. The van der Waals surface area contributed by atoms with Crippen LogP contribution in [0.1, 0.15) is 25.3 Å². The molecule has 1 aromatic heterocycles. The molecule has 0 aliphatic heterocycles. The average Bonchev–Trinajstić information content (AvgIpc) is 2.52. The number of rotatable bonds is 5. The van der Waals surface area contributed by atoms with Gasteiger partial charge in [0.1, 0.15) is 11.4 Å². The van der Waals surface area contributed by atoms with E-state index in [9.17, 15) is 4.79 Å². The highest BCUT2D eigenvalue weighted by Crippen LogP contribution is 2.25. The predicted octanol–water partition coefficient (Wildman–Crippen LogP) is 3.66. The Hall–Kier alpha value is -1.88. The zero-order valence-electron chi connectivity index (χ0n) is 11.9. The first-order chi connectivity index (χ1) is 10.2. The summed E-state index contributed by atoms with van der Waals surface area (Å²) in [6.45, 7) is 2.66. The van der Waals surface area contributed by atoms with Gasteiger partial charge in [-0.05, 0) is 17.5 Å². The van der Waals surface area contributed by atoms with Crippen LogP contribution in [0, 0.1) is 0 Å². The lowest BCUT2D eigenvalue weighted by Gasteiger charge is -2.12. The van der Waals surface area contributed by atoms with Gasteiger partial charge in [-0.25, -0.2) is 4.68 Å². The highest BCUT2D eigenvalue weighted by atomic mass is 79.9.